The van der Waals surface area contributed by atoms with Crippen molar-refractivity contribution in [2.24, 2.45) is 0 Å². The lowest BCUT2D eigenvalue weighted by Crippen LogP contribution is -2.42. The highest BCUT2D eigenvalue weighted by Crippen LogP contribution is 2.32. The van der Waals surface area contributed by atoms with Gasteiger partial charge in [-0.15, -0.1) is 0 Å². The molecule has 1 aromatic carbocycles. The van der Waals surface area contributed by atoms with Gasteiger partial charge < -0.3 is 9.47 Å². The third-order valence-corrected chi connectivity index (χ3v) is 4.39. The highest BCUT2D eigenvalue weighted by atomic mass is 32.2. The van der Waals surface area contributed by atoms with Gasteiger partial charge in [0, 0.05) is 0 Å². The summed E-state index contributed by atoms with van der Waals surface area (Å²) in [6, 6.07) is 6.46. The maximum atomic E-state index is 12.3. The van der Waals surface area contributed by atoms with E-state index in [2.05, 4.69) is 0 Å². The molecule has 0 aliphatic carbocycles. The number of ether oxygens (including phenoxy) is 2. The summed E-state index contributed by atoms with van der Waals surface area (Å²) in [5.74, 6) is -0.332. The number of nitrogens with zero attached hydrogens (tertiary/aromatic N) is 1. The molecule has 25 heavy (non-hydrogen) atoms. The Balaban J connectivity index is 2.08. The fourth-order valence-corrected chi connectivity index (χ4v) is 3.02. The molecule has 0 spiro atoms. The van der Waals surface area contributed by atoms with Gasteiger partial charge in [-0.1, -0.05) is 24.3 Å². The first kappa shape index (κ1) is 18.8. The number of hydrogen-bond donors (Lipinski definition) is 0. The summed E-state index contributed by atoms with van der Waals surface area (Å²) in [5, 5.41) is -0.477. The predicted octanol–water partition coefficient (Wildman–Crippen LogP) is 3.24. The van der Waals surface area contributed by atoms with E-state index >= 15 is 0 Å². The number of allylic oxidation sites excluding steroid dienone is 2. The van der Waals surface area contributed by atoms with Crippen LogP contribution in [0.3, 0.4) is 0 Å². The van der Waals surface area contributed by atoms with Gasteiger partial charge in [-0.3, -0.25) is 14.5 Å². The zero-order chi connectivity index (χ0) is 18.4. The zero-order valence-electron chi connectivity index (χ0n) is 14.2. The second kappa shape index (κ2) is 8.53. The van der Waals surface area contributed by atoms with Crippen LogP contribution in [0.1, 0.15) is 19.4 Å². The van der Waals surface area contributed by atoms with E-state index in [0.29, 0.717) is 0 Å². The zero-order valence-corrected chi connectivity index (χ0v) is 15.0. The first-order chi connectivity index (χ1) is 12.0. The van der Waals surface area contributed by atoms with Crippen molar-refractivity contribution >= 4 is 35.0 Å². The lowest BCUT2D eigenvalue weighted by Gasteiger charge is -2.19. The monoisotopic (exact) mass is 361 g/mol. The Labute approximate surface area is 150 Å². The maximum absolute atomic E-state index is 12.3. The molecule has 1 heterocycles. The van der Waals surface area contributed by atoms with Crippen molar-refractivity contribution in [1.29, 1.82) is 0 Å². The van der Waals surface area contributed by atoms with Crippen LogP contribution in [0.25, 0.3) is 6.08 Å². The summed E-state index contributed by atoms with van der Waals surface area (Å²) in [7, 11) is 1.60. The van der Waals surface area contributed by atoms with E-state index < -0.39 is 23.2 Å². The molecule has 1 aliphatic heterocycles. The quantitative estimate of drug-likeness (QED) is 0.572. The third kappa shape index (κ3) is 4.51. The van der Waals surface area contributed by atoms with Gasteiger partial charge in [0.1, 0.15) is 11.8 Å². The van der Waals surface area contributed by atoms with Gasteiger partial charge in [0.25, 0.3) is 11.1 Å². The highest BCUT2D eigenvalue weighted by Gasteiger charge is 2.41. The molecule has 132 valence electrons. The van der Waals surface area contributed by atoms with Crippen molar-refractivity contribution in [3.63, 3.8) is 0 Å². The van der Waals surface area contributed by atoms with Crippen LogP contribution in [0.15, 0.2) is 41.3 Å². The normalized spacial score (nSPS) is 17.4. The maximum Gasteiger partial charge on any atom is 0.329 e. The van der Waals surface area contributed by atoms with Crippen molar-refractivity contribution in [1.82, 2.24) is 4.90 Å². The van der Waals surface area contributed by atoms with Crippen LogP contribution in [-0.4, -0.2) is 41.8 Å². The van der Waals surface area contributed by atoms with Crippen molar-refractivity contribution in [3.8, 4) is 5.75 Å². The number of thioether (sulfide) groups is 1. The number of benzene rings is 1. The van der Waals surface area contributed by atoms with Crippen LogP contribution in [0, 0.1) is 0 Å². The Morgan fingerprint density at radius 3 is 2.56 bits per heavy atom. The molecule has 2 rings (SSSR count). The van der Waals surface area contributed by atoms with Crippen molar-refractivity contribution in [2.75, 3.05) is 13.7 Å². The van der Waals surface area contributed by atoms with Gasteiger partial charge in [-0.05, 0) is 49.4 Å². The Bertz CT molecular complexity index is 723. The highest BCUT2D eigenvalue weighted by molar-refractivity contribution is 8.18. The van der Waals surface area contributed by atoms with E-state index in [1.54, 1.807) is 26.2 Å². The molecular formula is C18H19NO5S. The van der Waals surface area contributed by atoms with Crippen LogP contribution in [0.5, 0.6) is 5.75 Å². The van der Waals surface area contributed by atoms with Crippen LogP contribution in [0.2, 0.25) is 0 Å². The van der Waals surface area contributed by atoms with Gasteiger partial charge in [-0.2, -0.15) is 0 Å². The fraction of sp³-hybridized carbons (Fsp3) is 0.278. The van der Waals surface area contributed by atoms with Crippen molar-refractivity contribution < 1.29 is 23.9 Å². The van der Waals surface area contributed by atoms with Gasteiger partial charge in [-0.25, -0.2) is 4.79 Å². The average Bonchev–Trinajstić information content (AvgIpc) is 2.89. The Morgan fingerprint density at radius 2 is 1.96 bits per heavy atom. The molecule has 1 unspecified atom stereocenters. The summed E-state index contributed by atoms with van der Waals surface area (Å²) in [4.78, 5) is 37.3. The molecular weight excluding hydrogens is 342 g/mol. The molecule has 0 aromatic heterocycles. The van der Waals surface area contributed by atoms with Crippen LogP contribution in [0.4, 0.5) is 4.79 Å². The number of rotatable bonds is 6. The van der Waals surface area contributed by atoms with E-state index in [-0.39, 0.29) is 11.5 Å². The summed E-state index contributed by atoms with van der Waals surface area (Å²) < 4.78 is 9.95. The fourth-order valence-electron chi connectivity index (χ4n) is 2.16. The molecule has 7 heteroatoms. The number of hydrogen-bond acceptors (Lipinski definition) is 6. The molecule has 0 N–H and O–H groups in total. The predicted molar refractivity (Wildman–Crippen MR) is 96.0 cm³/mol. The SMILES string of the molecule is CCOC(=O)C(C)N1C(=O)S/C(=C/C=C/c2ccc(OC)cc2)C1=O. The summed E-state index contributed by atoms with van der Waals surface area (Å²) in [6.45, 7) is 3.34. The molecule has 0 saturated carbocycles. The van der Waals surface area contributed by atoms with Crippen molar-refractivity contribution in [3.05, 3.63) is 46.9 Å². The smallest absolute Gasteiger partial charge is 0.329 e. The molecule has 1 atom stereocenters. The molecule has 1 saturated heterocycles. The molecule has 0 bridgehead atoms. The first-order valence-corrected chi connectivity index (χ1v) is 8.54. The Hall–Kier alpha value is -2.54. The third-order valence-electron chi connectivity index (χ3n) is 3.49. The first-order valence-electron chi connectivity index (χ1n) is 7.72. The van der Waals surface area contributed by atoms with Crippen molar-refractivity contribution in [2.45, 2.75) is 19.9 Å². The van der Waals surface area contributed by atoms with Gasteiger partial charge in [0.05, 0.1) is 18.6 Å². The topological polar surface area (TPSA) is 72.9 Å². The van der Waals surface area contributed by atoms with E-state index in [9.17, 15) is 14.4 Å². The Morgan fingerprint density at radius 1 is 1.28 bits per heavy atom. The molecule has 1 fully saturated rings. The summed E-state index contributed by atoms with van der Waals surface area (Å²) in [6.07, 6.45) is 5.06. The summed E-state index contributed by atoms with van der Waals surface area (Å²) >= 11 is 0.806. The van der Waals surface area contributed by atoms with E-state index in [1.165, 1.54) is 6.92 Å². The van der Waals surface area contributed by atoms with E-state index in [4.69, 9.17) is 9.47 Å². The number of carbonyl (C=O) groups excluding carboxylic acids is 3. The molecule has 0 radical (unpaired) electrons. The Kier molecular flexibility index (Phi) is 6.41. The van der Waals surface area contributed by atoms with Gasteiger partial charge >= 0.3 is 5.97 Å². The number of esters is 1. The molecule has 1 aromatic rings. The second-order valence-corrected chi connectivity index (χ2v) is 6.13. The number of methoxy groups -OCH3 is 1. The molecule has 6 nitrogen and oxygen atoms in total. The standard InChI is InChI=1S/C18H19NO5S/c1-4-24-17(21)12(2)19-16(20)15(25-18(19)22)7-5-6-13-8-10-14(23-3)11-9-13/h5-12H,4H2,1-3H3/b6-5+,15-7+. The van der Waals surface area contributed by atoms with Crippen LogP contribution >= 0.6 is 11.8 Å². The number of amides is 2. The van der Waals surface area contributed by atoms with Crippen LogP contribution in [-0.2, 0) is 14.3 Å². The van der Waals surface area contributed by atoms with Crippen LogP contribution < -0.4 is 4.74 Å². The number of carbonyl (C=O) groups is 3. The summed E-state index contributed by atoms with van der Waals surface area (Å²) in [5.41, 5.74) is 0.927. The number of imide groups is 1. The minimum Gasteiger partial charge on any atom is -0.497 e. The molecule has 1 aliphatic rings. The minimum absolute atomic E-state index is 0.194. The lowest BCUT2D eigenvalue weighted by atomic mass is 10.2. The molecule has 2 amide bonds. The minimum atomic E-state index is -0.941. The lowest BCUT2D eigenvalue weighted by molar-refractivity contribution is -0.150. The van der Waals surface area contributed by atoms with Gasteiger partial charge in [0.2, 0.25) is 0 Å². The second-order valence-electron chi connectivity index (χ2n) is 5.13. The van der Waals surface area contributed by atoms with Gasteiger partial charge in [0.15, 0.2) is 0 Å². The largest absolute Gasteiger partial charge is 0.497 e. The van der Waals surface area contributed by atoms with E-state index in [1.807, 2.05) is 30.3 Å². The van der Waals surface area contributed by atoms with E-state index in [0.717, 1.165) is 28.0 Å². The average molecular weight is 361 g/mol.